The predicted octanol–water partition coefficient (Wildman–Crippen LogP) is 5.15. The van der Waals surface area contributed by atoms with Crippen LogP contribution in [0.5, 0.6) is 0 Å². The average Bonchev–Trinajstić information content (AvgIpc) is 2.70. The van der Waals surface area contributed by atoms with E-state index in [1.165, 1.54) is 0 Å². The lowest BCUT2D eigenvalue weighted by Gasteiger charge is -2.34. The summed E-state index contributed by atoms with van der Waals surface area (Å²) in [6, 6.07) is 11.9. The quantitative estimate of drug-likeness (QED) is 0.705. The Morgan fingerprint density at radius 2 is 1.77 bits per heavy atom. The monoisotopic (exact) mass is 391 g/mol. The number of hydrogen-bond donors (Lipinski definition) is 2. The Morgan fingerprint density at radius 1 is 1.04 bits per heavy atom. The van der Waals surface area contributed by atoms with Crippen LogP contribution in [0.3, 0.4) is 0 Å². The number of anilines is 2. The van der Waals surface area contributed by atoms with Crippen LogP contribution in [0.15, 0.2) is 60.1 Å². The molecule has 1 aliphatic heterocycles. The Morgan fingerprint density at radius 3 is 2.46 bits per heavy atom. The summed E-state index contributed by atoms with van der Waals surface area (Å²) in [6.45, 7) is 4.30. The SMILES string of the molecule is CC1(C)CC(=O)C2=C(C1)Nc1ccccc1NC2c1cccnc1.Cl.Cl. The number of hydrogen-bond acceptors (Lipinski definition) is 4. The third kappa shape index (κ3) is 3.71. The third-order valence-electron chi connectivity index (χ3n) is 4.74. The fourth-order valence-electron chi connectivity index (χ4n) is 3.69. The van der Waals surface area contributed by atoms with Gasteiger partial charge in [0.15, 0.2) is 5.78 Å². The molecule has 6 heteroatoms. The fourth-order valence-corrected chi connectivity index (χ4v) is 3.69. The van der Waals surface area contributed by atoms with Crippen LogP contribution in [0.25, 0.3) is 0 Å². The Labute approximate surface area is 166 Å². The van der Waals surface area contributed by atoms with Gasteiger partial charge in [-0.25, -0.2) is 0 Å². The molecule has 0 spiro atoms. The predicted molar refractivity (Wildman–Crippen MR) is 110 cm³/mol. The second kappa shape index (κ2) is 7.68. The van der Waals surface area contributed by atoms with Crippen LogP contribution >= 0.6 is 24.8 Å². The standard InChI is InChI=1S/C20H21N3O.2ClH/c1-20(2)10-16-18(17(24)11-20)19(13-6-5-9-21-12-13)23-15-8-4-3-7-14(15)22-16;;/h3-9,12,19,22-23H,10-11H2,1-2H3;2*1H. The zero-order chi connectivity index (χ0) is 16.7. The van der Waals surface area contributed by atoms with E-state index in [9.17, 15) is 4.79 Å². The number of carbonyl (C=O) groups excluding carboxylic acids is 1. The number of allylic oxidation sites excluding steroid dienone is 1. The molecule has 1 aromatic carbocycles. The smallest absolute Gasteiger partial charge is 0.163 e. The zero-order valence-electron chi connectivity index (χ0n) is 14.8. The molecule has 0 saturated carbocycles. The van der Waals surface area contributed by atoms with Gasteiger partial charge in [0.25, 0.3) is 0 Å². The molecule has 26 heavy (non-hydrogen) atoms. The highest BCUT2D eigenvalue weighted by molar-refractivity contribution is 6.01. The molecule has 2 aromatic rings. The van der Waals surface area contributed by atoms with Gasteiger partial charge in [-0.05, 0) is 35.6 Å². The summed E-state index contributed by atoms with van der Waals surface area (Å²) in [5.74, 6) is 0.211. The lowest BCUT2D eigenvalue weighted by Crippen LogP contribution is -2.31. The van der Waals surface area contributed by atoms with Crippen molar-refractivity contribution in [2.45, 2.75) is 32.7 Å². The van der Waals surface area contributed by atoms with E-state index in [1.54, 1.807) is 6.20 Å². The number of halogens is 2. The first-order chi connectivity index (χ1) is 11.5. The highest BCUT2D eigenvalue weighted by Crippen LogP contribution is 2.45. The van der Waals surface area contributed by atoms with Crippen molar-refractivity contribution in [1.29, 1.82) is 0 Å². The van der Waals surface area contributed by atoms with Crippen molar-refractivity contribution >= 4 is 42.0 Å². The van der Waals surface area contributed by atoms with Gasteiger partial charge in [-0.2, -0.15) is 0 Å². The Kier molecular flexibility index (Phi) is 5.99. The third-order valence-corrected chi connectivity index (χ3v) is 4.74. The number of rotatable bonds is 1. The number of aromatic nitrogens is 1. The zero-order valence-corrected chi connectivity index (χ0v) is 16.4. The molecule has 0 radical (unpaired) electrons. The summed E-state index contributed by atoms with van der Waals surface area (Å²) in [5.41, 5.74) is 4.88. The van der Waals surface area contributed by atoms with Crippen LogP contribution in [0.2, 0.25) is 0 Å². The number of para-hydroxylation sites is 2. The summed E-state index contributed by atoms with van der Waals surface area (Å²) in [7, 11) is 0. The summed E-state index contributed by atoms with van der Waals surface area (Å²) in [4.78, 5) is 17.2. The molecule has 0 amide bonds. The van der Waals surface area contributed by atoms with Crippen molar-refractivity contribution in [2.24, 2.45) is 5.41 Å². The maximum Gasteiger partial charge on any atom is 0.163 e. The molecule has 1 aliphatic carbocycles. The minimum Gasteiger partial charge on any atom is -0.372 e. The summed E-state index contributed by atoms with van der Waals surface area (Å²) < 4.78 is 0. The maximum absolute atomic E-state index is 13.0. The van der Waals surface area contributed by atoms with E-state index in [0.29, 0.717) is 6.42 Å². The van der Waals surface area contributed by atoms with Gasteiger partial charge in [0.2, 0.25) is 0 Å². The molecule has 0 bridgehead atoms. The van der Waals surface area contributed by atoms with Gasteiger partial charge < -0.3 is 10.6 Å². The first-order valence-electron chi connectivity index (χ1n) is 8.32. The van der Waals surface area contributed by atoms with Gasteiger partial charge in [0.1, 0.15) is 0 Å². The van der Waals surface area contributed by atoms with Crippen LogP contribution in [0.4, 0.5) is 11.4 Å². The average molecular weight is 392 g/mol. The largest absolute Gasteiger partial charge is 0.372 e. The van der Waals surface area contributed by atoms with Crippen molar-refractivity contribution in [3.05, 3.63) is 65.6 Å². The number of Topliss-reactive ketones (excluding diaryl/α,β-unsaturated/α-hetero) is 1. The second-order valence-corrected chi connectivity index (χ2v) is 7.37. The van der Waals surface area contributed by atoms with Gasteiger partial charge in [0.05, 0.1) is 17.4 Å². The molecule has 2 aliphatic rings. The summed E-state index contributed by atoms with van der Waals surface area (Å²) in [6.07, 6.45) is 5.03. The van der Waals surface area contributed by atoms with E-state index in [4.69, 9.17) is 0 Å². The Balaban J connectivity index is 0.00000121. The first-order valence-corrected chi connectivity index (χ1v) is 8.32. The van der Waals surface area contributed by atoms with Crippen LogP contribution < -0.4 is 10.6 Å². The molecule has 1 aromatic heterocycles. The summed E-state index contributed by atoms with van der Waals surface area (Å²) >= 11 is 0. The molecule has 1 atom stereocenters. The molecule has 138 valence electrons. The normalized spacial score (nSPS) is 20.2. The number of fused-ring (bicyclic) bond motifs is 1. The van der Waals surface area contributed by atoms with E-state index < -0.39 is 0 Å². The van der Waals surface area contributed by atoms with Gasteiger partial charge >= 0.3 is 0 Å². The fraction of sp³-hybridized carbons (Fsp3) is 0.300. The maximum atomic E-state index is 13.0. The molecule has 4 nitrogen and oxygen atoms in total. The van der Waals surface area contributed by atoms with Crippen molar-refractivity contribution in [3.8, 4) is 0 Å². The second-order valence-electron chi connectivity index (χ2n) is 7.37. The summed E-state index contributed by atoms with van der Waals surface area (Å²) in [5, 5.41) is 7.07. The number of pyridine rings is 1. The van der Waals surface area contributed by atoms with Crippen molar-refractivity contribution < 1.29 is 4.79 Å². The van der Waals surface area contributed by atoms with E-state index in [2.05, 4.69) is 29.5 Å². The molecule has 2 N–H and O–H groups in total. The highest BCUT2D eigenvalue weighted by Gasteiger charge is 2.38. The molecule has 4 rings (SSSR count). The molecule has 2 heterocycles. The molecular formula is C20H23Cl2N3O. The van der Waals surface area contributed by atoms with Gasteiger partial charge in [0, 0.05) is 30.1 Å². The lowest BCUT2D eigenvalue weighted by atomic mass is 9.73. The van der Waals surface area contributed by atoms with Crippen LogP contribution in [-0.2, 0) is 4.79 Å². The molecular weight excluding hydrogens is 369 g/mol. The molecule has 0 fully saturated rings. The highest BCUT2D eigenvalue weighted by atomic mass is 35.5. The van der Waals surface area contributed by atoms with Crippen molar-refractivity contribution in [1.82, 2.24) is 4.98 Å². The number of nitrogens with zero attached hydrogens (tertiary/aromatic N) is 1. The van der Waals surface area contributed by atoms with Crippen LogP contribution in [-0.4, -0.2) is 10.8 Å². The van der Waals surface area contributed by atoms with Crippen LogP contribution in [0.1, 0.15) is 38.3 Å². The number of ketones is 1. The van der Waals surface area contributed by atoms with E-state index in [0.717, 1.165) is 34.6 Å². The Bertz CT molecular complexity index is 834. The number of carbonyl (C=O) groups is 1. The number of nitrogens with one attached hydrogen (secondary N) is 2. The van der Waals surface area contributed by atoms with Crippen molar-refractivity contribution in [2.75, 3.05) is 10.6 Å². The van der Waals surface area contributed by atoms with Gasteiger partial charge in [-0.15, -0.1) is 24.8 Å². The Hall–Kier alpha value is -2.04. The van der Waals surface area contributed by atoms with Crippen molar-refractivity contribution in [3.63, 3.8) is 0 Å². The van der Waals surface area contributed by atoms with E-state index in [1.807, 2.05) is 42.6 Å². The minimum atomic E-state index is -0.173. The lowest BCUT2D eigenvalue weighted by molar-refractivity contribution is -0.118. The van der Waals surface area contributed by atoms with Gasteiger partial charge in [-0.3, -0.25) is 9.78 Å². The topological polar surface area (TPSA) is 54.0 Å². The minimum absolute atomic E-state index is 0. The van der Waals surface area contributed by atoms with E-state index >= 15 is 0 Å². The number of benzene rings is 1. The molecule has 0 saturated heterocycles. The van der Waals surface area contributed by atoms with E-state index in [-0.39, 0.29) is 42.1 Å². The molecule has 1 unspecified atom stereocenters. The first kappa shape index (κ1) is 20.3. The van der Waals surface area contributed by atoms with Crippen LogP contribution in [0, 0.1) is 5.41 Å². The van der Waals surface area contributed by atoms with Gasteiger partial charge in [-0.1, -0.05) is 32.0 Å².